The van der Waals surface area contributed by atoms with Crippen LogP contribution in [0.5, 0.6) is 5.75 Å². The third kappa shape index (κ3) is 6.33. The molecule has 1 aliphatic heterocycles. The lowest BCUT2D eigenvalue weighted by atomic mass is 9.75. The zero-order chi connectivity index (χ0) is 33.7. The van der Waals surface area contributed by atoms with Gasteiger partial charge >= 0.3 is 5.97 Å². The minimum Gasteiger partial charge on any atom is -0.491 e. The first-order chi connectivity index (χ1) is 22.3. The summed E-state index contributed by atoms with van der Waals surface area (Å²) in [5.41, 5.74) is 5.10. The molecule has 2 aliphatic rings. The van der Waals surface area contributed by atoms with E-state index in [4.69, 9.17) is 30.8 Å². The number of nitrogens with zero attached hydrogens (tertiary/aromatic N) is 4. The number of aromatic nitrogens is 3. The fraction of sp³-hybridized carbons (Fsp3) is 0.500. The molecule has 0 bridgehead atoms. The van der Waals surface area contributed by atoms with Crippen molar-refractivity contribution in [3.05, 3.63) is 73.4 Å². The maximum atomic E-state index is 14.0. The Kier molecular flexibility index (Phi) is 9.25. The van der Waals surface area contributed by atoms with Gasteiger partial charge in [-0.15, -0.1) is 11.3 Å². The molecule has 3 aromatic heterocycles. The van der Waals surface area contributed by atoms with E-state index in [9.17, 15) is 9.59 Å². The van der Waals surface area contributed by atoms with Gasteiger partial charge in [-0.2, -0.15) is 0 Å². The Morgan fingerprint density at radius 3 is 2.64 bits per heavy atom. The van der Waals surface area contributed by atoms with Crippen LogP contribution in [0.4, 0.5) is 0 Å². The van der Waals surface area contributed by atoms with Crippen LogP contribution in [-0.4, -0.2) is 71.0 Å². The van der Waals surface area contributed by atoms with Gasteiger partial charge in [0, 0.05) is 63.9 Å². The van der Waals surface area contributed by atoms with Gasteiger partial charge in [0.2, 0.25) is 0 Å². The highest BCUT2D eigenvalue weighted by Gasteiger charge is 2.44. The molecule has 6 rings (SSSR count). The number of likely N-dealkylation sites (tertiary alicyclic amines) is 1. The van der Waals surface area contributed by atoms with Crippen LogP contribution in [0.1, 0.15) is 66.7 Å². The zero-order valence-corrected chi connectivity index (χ0v) is 29.8. The molecule has 47 heavy (non-hydrogen) atoms. The van der Waals surface area contributed by atoms with E-state index in [2.05, 4.69) is 30.7 Å². The average Bonchev–Trinajstić information content (AvgIpc) is 3.46. The van der Waals surface area contributed by atoms with Gasteiger partial charge in [-0.25, -0.2) is 9.78 Å². The number of piperidine rings is 1. The number of thiophene rings is 1. The second-order valence-electron chi connectivity index (χ2n) is 13.8. The molecule has 250 valence electrons. The van der Waals surface area contributed by atoms with Crippen LogP contribution in [0, 0.1) is 19.3 Å². The Morgan fingerprint density at radius 1 is 1.13 bits per heavy atom. The first kappa shape index (κ1) is 33.6. The van der Waals surface area contributed by atoms with E-state index in [1.807, 2.05) is 32.0 Å². The normalized spacial score (nSPS) is 21.1. The number of carbonyl (C=O) groups is 1. The third-order valence-corrected chi connectivity index (χ3v) is 11.3. The summed E-state index contributed by atoms with van der Waals surface area (Å²) in [4.78, 5) is 38.6. The molecule has 0 saturated carbocycles. The monoisotopic (exact) mass is 678 g/mol. The van der Waals surface area contributed by atoms with E-state index in [1.54, 1.807) is 23.1 Å². The number of methoxy groups -OCH3 is 2. The maximum Gasteiger partial charge on any atom is 0.340 e. The predicted octanol–water partition coefficient (Wildman–Crippen LogP) is 6.65. The number of aryl methyl sites for hydroxylation is 3. The van der Waals surface area contributed by atoms with Crippen molar-refractivity contribution in [2.75, 3.05) is 33.9 Å². The average molecular weight is 679 g/mol. The van der Waals surface area contributed by atoms with Gasteiger partial charge in [0.1, 0.15) is 18.2 Å². The van der Waals surface area contributed by atoms with Crippen LogP contribution >= 0.6 is 22.9 Å². The van der Waals surface area contributed by atoms with Crippen molar-refractivity contribution in [3.63, 3.8) is 0 Å². The van der Waals surface area contributed by atoms with Crippen molar-refractivity contribution >= 4 is 39.1 Å². The number of hydrogen-bond acceptors (Lipinski definition) is 9. The van der Waals surface area contributed by atoms with Crippen molar-refractivity contribution in [1.82, 2.24) is 19.4 Å². The minimum absolute atomic E-state index is 0.0183. The molecular weight excluding hydrogens is 636 g/mol. The molecule has 1 saturated heterocycles. The van der Waals surface area contributed by atoms with E-state index in [1.165, 1.54) is 18.4 Å². The zero-order valence-electron chi connectivity index (χ0n) is 28.2. The highest BCUT2D eigenvalue weighted by molar-refractivity contribution is 7.18. The third-order valence-electron chi connectivity index (χ3n) is 10.0. The number of rotatable bonds is 8. The summed E-state index contributed by atoms with van der Waals surface area (Å²) in [6.07, 6.45) is 3.65. The van der Waals surface area contributed by atoms with Gasteiger partial charge in [-0.05, 0) is 70.7 Å². The highest BCUT2D eigenvalue weighted by atomic mass is 35.5. The van der Waals surface area contributed by atoms with E-state index in [0.29, 0.717) is 40.6 Å². The second kappa shape index (κ2) is 13.0. The van der Waals surface area contributed by atoms with Gasteiger partial charge in [-0.3, -0.25) is 19.2 Å². The van der Waals surface area contributed by atoms with Crippen LogP contribution in [0.2, 0.25) is 5.02 Å². The fourth-order valence-electron chi connectivity index (χ4n) is 7.44. The number of pyridine rings is 1. The molecule has 4 aromatic rings. The topological polar surface area (TPSA) is 95.8 Å². The quantitative estimate of drug-likeness (QED) is 0.191. The molecule has 1 aromatic carbocycles. The largest absolute Gasteiger partial charge is 0.491 e. The maximum absolute atomic E-state index is 14.0. The number of halogens is 1. The summed E-state index contributed by atoms with van der Waals surface area (Å²) in [5, 5.41) is 2.33. The minimum atomic E-state index is -0.429. The standard InChI is InChI=1S/C36H43ClN4O5S/c1-21-16-25(32-31(38-21)27(19-47-32)34(43)45-7)24-17-23(37)8-9-29(24)46-15-14-41-22(2)39-28-10-12-36(5,18-26(28)33(41)42)40-13-11-30(44-6)35(3,4)20-40/h8-9,16-17,19,30H,10-15,18,20H2,1-7H3. The first-order valence-electron chi connectivity index (χ1n) is 16.1. The summed E-state index contributed by atoms with van der Waals surface area (Å²) >= 11 is 7.90. The van der Waals surface area contributed by atoms with E-state index >= 15 is 0 Å². The lowest BCUT2D eigenvalue weighted by Crippen LogP contribution is -2.59. The van der Waals surface area contributed by atoms with E-state index in [-0.39, 0.29) is 29.2 Å². The van der Waals surface area contributed by atoms with E-state index in [0.717, 1.165) is 65.1 Å². The van der Waals surface area contributed by atoms with Crippen molar-refractivity contribution in [3.8, 4) is 16.9 Å². The van der Waals surface area contributed by atoms with Crippen LogP contribution in [0.15, 0.2) is 34.4 Å². The Balaban J connectivity index is 1.25. The van der Waals surface area contributed by atoms with Gasteiger partial charge in [0.15, 0.2) is 0 Å². The molecule has 0 N–H and O–H groups in total. The fourth-order valence-corrected chi connectivity index (χ4v) is 8.62. The van der Waals surface area contributed by atoms with Gasteiger partial charge < -0.3 is 14.2 Å². The molecule has 0 spiro atoms. The van der Waals surface area contributed by atoms with E-state index < -0.39 is 5.97 Å². The predicted molar refractivity (Wildman–Crippen MR) is 186 cm³/mol. The number of ether oxygens (including phenoxy) is 3. The molecule has 2 unspecified atom stereocenters. The Labute approximate surface area is 284 Å². The summed E-state index contributed by atoms with van der Waals surface area (Å²) in [6, 6.07) is 7.46. The molecular formula is C36H43ClN4O5S. The molecule has 1 fully saturated rings. The van der Waals surface area contributed by atoms with Crippen LogP contribution < -0.4 is 10.3 Å². The summed E-state index contributed by atoms with van der Waals surface area (Å²) in [5.74, 6) is 0.891. The molecule has 11 heteroatoms. The number of hydrogen-bond donors (Lipinski definition) is 0. The molecule has 2 atom stereocenters. The molecule has 0 radical (unpaired) electrons. The molecule has 0 amide bonds. The van der Waals surface area contributed by atoms with Crippen molar-refractivity contribution in [2.45, 2.75) is 78.5 Å². The SMILES string of the molecule is COC(=O)c1csc2c(-c3cc(Cl)ccc3OCCn3c(C)nc4c(c3=O)CC(C)(N3CCC(OC)C(C)(C)C3)CC4)cc(C)nc12. The van der Waals surface area contributed by atoms with Gasteiger partial charge in [0.25, 0.3) is 5.56 Å². The summed E-state index contributed by atoms with van der Waals surface area (Å²) in [6.45, 7) is 13.1. The Hall–Kier alpha value is -3.31. The van der Waals surface area contributed by atoms with Crippen LogP contribution in [-0.2, 0) is 28.9 Å². The highest BCUT2D eigenvalue weighted by Crippen LogP contribution is 2.41. The van der Waals surface area contributed by atoms with Crippen LogP contribution in [0.25, 0.3) is 21.3 Å². The Morgan fingerprint density at radius 2 is 1.91 bits per heavy atom. The second-order valence-corrected chi connectivity index (χ2v) is 15.1. The van der Waals surface area contributed by atoms with Gasteiger partial charge in [-0.1, -0.05) is 25.4 Å². The molecule has 9 nitrogen and oxygen atoms in total. The number of benzene rings is 1. The molecule has 1 aliphatic carbocycles. The number of fused-ring (bicyclic) bond motifs is 2. The summed E-state index contributed by atoms with van der Waals surface area (Å²) in [7, 11) is 3.17. The molecule has 4 heterocycles. The van der Waals surface area contributed by atoms with Crippen LogP contribution in [0.3, 0.4) is 0 Å². The lowest BCUT2D eigenvalue weighted by molar-refractivity contribution is -0.0814. The number of carbonyl (C=O) groups excluding carboxylic acids is 1. The first-order valence-corrected chi connectivity index (χ1v) is 17.4. The summed E-state index contributed by atoms with van der Waals surface area (Å²) < 4.78 is 19.7. The van der Waals surface area contributed by atoms with Crippen molar-refractivity contribution in [2.24, 2.45) is 5.41 Å². The van der Waals surface area contributed by atoms with Gasteiger partial charge in [0.05, 0.1) is 41.2 Å². The Bertz CT molecular complexity index is 1900. The van der Waals surface area contributed by atoms with Crippen molar-refractivity contribution < 1.29 is 19.0 Å². The number of esters is 1. The smallest absolute Gasteiger partial charge is 0.340 e. The van der Waals surface area contributed by atoms with Crippen molar-refractivity contribution in [1.29, 1.82) is 0 Å². The lowest BCUT2D eigenvalue weighted by Gasteiger charge is -2.52.